The predicted octanol–water partition coefficient (Wildman–Crippen LogP) is 3.16. The van der Waals surface area contributed by atoms with E-state index in [1.165, 1.54) is 18.4 Å². The molecule has 2 N–H and O–H groups in total. The van der Waals surface area contributed by atoms with Crippen LogP contribution in [-0.2, 0) is 9.47 Å². The highest BCUT2D eigenvalue weighted by Crippen LogP contribution is 2.46. The van der Waals surface area contributed by atoms with Crippen LogP contribution in [0.25, 0.3) is 0 Å². The van der Waals surface area contributed by atoms with Crippen LogP contribution in [0.4, 0.5) is 0 Å². The number of benzene rings is 1. The Kier molecular flexibility index (Phi) is 9.71. The van der Waals surface area contributed by atoms with E-state index in [1.54, 1.807) is 0 Å². The van der Waals surface area contributed by atoms with Crippen LogP contribution in [0.3, 0.4) is 0 Å². The Morgan fingerprint density at radius 2 is 2.12 bits per heavy atom. The van der Waals surface area contributed by atoms with E-state index in [0.29, 0.717) is 12.0 Å². The lowest BCUT2D eigenvalue weighted by Crippen LogP contribution is -2.39. The summed E-state index contributed by atoms with van der Waals surface area (Å²) >= 11 is 0. The van der Waals surface area contributed by atoms with E-state index in [-0.39, 0.29) is 24.0 Å². The second-order valence-electron chi connectivity index (χ2n) is 6.96. The zero-order valence-electron chi connectivity index (χ0n) is 15.7. The topological polar surface area (TPSA) is 54.9 Å². The summed E-state index contributed by atoms with van der Waals surface area (Å²) in [5.41, 5.74) is 1.46. The Morgan fingerprint density at radius 3 is 2.85 bits per heavy atom. The summed E-state index contributed by atoms with van der Waals surface area (Å²) in [6, 6.07) is 10.8. The molecule has 26 heavy (non-hydrogen) atoms. The van der Waals surface area contributed by atoms with Gasteiger partial charge in [0.15, 0.2) is 5.96 Å². The van der Waals surface area contributed by atoms with Crippen molar-refractivity contribution in [1.29, 1.82) is 0 Å². The third-order valence-corrected chi connectivity index (χ3v) is 4.99. The summed E-state index contributed by atoms with van der Waals surface area (Å²) in [6.45, 7) is 4.24. The van der Waals surface area contributed by atoms with Crippen molar-refractivity contribution in [3.8, 4) is 0 Å². The molecule has 146 valence electrons. The third-order valence-electron chi connectivity index (χ3n) is 4.99. The molecule has 3 unspecified atom stereocenters. The van der Waals surface area contributed by atoms with Crippen LogP contribution >= 0.6 is 24.0 Å². The fraction of sp³-hybridized carbons (Fsp3) is 0.650. The fourth-order valence-electron chi connectivity index (χ4n) is 3.40. The predicted molar refractivity (Wildman–Crippen MR) is 116 cm³/mol. The zero-order chi connectivity index (χ0) is 17.3. The first-order valence-corrected chi connectivity index (χ1v) is 9.55. The molecule has 0 aromatic heterocycles. The van der Waals surface area contributed by atoms with Crippen LogP contribution in [-0.4, -0.2) is 52.0 Å². The number of halogens is 1. The maximum Gasteiger partial charge on any atom is 0.190 e. The van der Waals surface area contributed by atoms with Gasteiger partial charge in [-0.15, -0.1) is 24.0 Å². The van der Waals surface area contributed by atoms with Gasteiger partial charge in [-0.2, -0.15) is 0 Å². The molecule has 2 aliphatic rings. The van der Waals surface area contributed by atoms with Gasteiger partial charge in [-0.05, 0) is 43.1 Å². The van der Waals surface area contributed by atoms with Gasteiger partial charge in [-0.25, -0.2) is 0 Å². The van der Waals surface area contributed by atoms with Crippen LogP contribution in [0.5, 0.6) is 0 Å². The van der Waals surface area contributed by atoms with Crippen LogP contribution in [0.1, 0.15) is 37.2 Å². The molecule has 2 fully saturated rings. The Hall–Kier alpha value is -0.860. The average molecular weight is 473 g/mol. The molecule has 0 radical (unpaired) electrons. The highest BCUT2D eigenvalue weighted by molar-refractivity contribution is 14.0. The number of hydrogen-bond donors (Lipinski definition) is 2. The van der Waals surface area contributed by atoms with Crippen molar-refractivity contribution < 1.29 is 9.47 Å². The van der Waals surface area contributed by atoms with Crippen LogP contribution < -0.4 is 10.6 Å². The van der Waals surface area contributed by atoms with Gasteiger partial charge in [0, 0.05) is 33.4 Å². The molecule has 5 nitrogen and oxygen atoms in total. The van der Waals surface area contributed by atoms with Gasteiger partial charge in [0.05, 0.1) is 12.7 Å². The maximum atomic E-state index is 5.68. The molecule has 0 bridgehead atoms. The van der Waals surface area contributed by atoms with E-state index in [0.717, 1.165) is 57.6 Å². The van der Waals surface area contributed by atoms with E-state index >= 15 is 0 Å². The minimum atomic E-state index is 0. The molecule has 1 aromatic rings. The Morgan fingerprint density at radius 1 is 1.27 bits per heavy atom. The normalized spacial score (nSPS) is 24.8. The SMILES string of the molecule is CN=C(NCCCOCC1CCCO1)NCC1CC1c1ccccc1.I. The monoisotopic (exact) mass is 473 g/mol. The van der Waals surface area contributed by atoms with E-state index in [2.05, 4.69) is 46.0 Å². The summed E-state index contributed by atoms with van der Waals surface area (Å²) in [5.74, 6) is 2.31. The van der Waals surface area contributed by atoms with Gasteiger partial charge in [0.2, 0.25) is 0 Å². The molecular formula is C20H32IN3O2. The quantitative estimate of drug-likeness (QED) is 0.251. The van der Waals surface area contributed by atoms with Crippen molar-refractivity contribution in [2.75, 3.05) is 40.0 Å². The summed E-state index contributed by atoms with van der Waals surface area (Å²) in [4.78, 5) is 4.30. The van der Waals surface area contributed by atoms with E-state index < -0.39 is 0 Å². The third kappa shape index (κ3) is 7.04. The number of hydrogen-bond acceptors (Lipinski definition) is 3. The summed E-state index contributed by atoms with van der Waals surface area (Å²) < 4.78 is 11.2. The first-order chi connectivity index (χ1) is 12.4. The summed E-state index contributed by atoms with van der Waals surface area (Å²) in [5, 5.41) is 6.81. The number of nitrogens with zero attached hydrogens (tertiary/aromatic N) is 1. The minimum Gasteiger partial charge on any atom is -0.379 e. The molecule has 1 aliphatic heterocycles. The van der Waals surface area contributed by atoms with Crippen molar-refractivity contribution in [3.63, 3.8) is 0 Å². The molecule has 1 heterocycles. The molecule has 1 saturated carbocycles. The largest absolute Gasteiger partial charge is 0.379 e. The highest BCUT2D eigenvalue weighted by atomic mass is 127. The molecule has 6 heteroatoms. The number of guanidine groups is 1. The van der Waals surface area contributed by atoms with Crippen LogP contribution in [0, 0.1) is 5.92 Å². The fourth-order valence-corrected chi connectivity index (χ4v) is 3.40. The Labute approximate surface area is 174 Å². The molecule has 1 aromatic carbocycles. The first-order valence-electron chi connectivity index (χ1n) is 9.55. The molecule has 0 spiro atoms. The number of rotatable bonds is 9. The standard InChI is InChI=1S/C20H31N3O2.HI/c1-21-20(22-10-6-11-24-15-18-9-5-12-25-18)23-14-17-13-19(17)16-7-3-2-4-8-16;/h2-4,7-8,17-19H,5-6,9-15H2,1H3,(H2,21,22,23);1H. The molecule has 1 saturated heterocycles. The number of aliphatic imine (C=N–C) groups is 1. The van der Waals surface area contributed by atoms with E-state index in [4.69, 9.17) is 9.47 Å². The van der Waals surface area contributed by atoms with Gasteiger partial charge in [0.1, 0.15) is 0 Å². The smallest absolute Gasteiger partial charge is 0.190 e. The molecule has 3 rings (SSSR count). The van der Waals surface area contributed by atoms with E-state index in [1.807, 2.05) is 7.05 Å². The molecule has 0 amide bonds. The lowest BCUT2D eigenvalue weighted by atomic mass is 10.1. The lowest BCUT2D eigenvalue weighted by molar-refractivity contribution is 0.0168. The summed E-state index contributed by atoms with van der Waals surface area (Å²) in [6.07, 6.45) is 4.87. The van der Waals surface area contributed by atoms with E-state index in [9.17, 15) is 0 Å². The first kappa shape index (κ1) is 21.4. The van der Waals surface area contributed by atoms with Crippen molar-refractivity contribution in [3.05, 3.63) is 35.9 Å². The molecule has 3 atom stereocenters. The van der Waals surface area contributed by atoms with Gasteiger partial charge in [-0.1, -0.05) is 30.3 Å². The van der Waals surface area contributed by atoms with Crippen molar-refractivity contribution >= 4 is 29.9 Å². The van der Waals surface area contributed by atoms with Crippen molar-refractivity contribution in [2.24, 2.45) is 10.9 Å². The Bertz CT molecular complexity index is 535. The van der Waals surface area contributed by atoms with Crippen molar-refractivity contribution in [2.45, 2.75) is 37.7 Å². The zero-order valence-corrected chi connectivity index (χ0v) is 18.0. The lowest BCUT2D eigenvalue weighted by Gasteiger charge is -2.13. The maximum absolute atomic E-state index is 5.68. The average Bonchev–Trinajstić information content (AvgIpc) is 3.25. The van der Waals surface area contributed by atoms with Gasteiger partial charge >= 0.3 is 0 Å². The second-order valence-corrected chi connectivity index (χ2v) is 6.96. The highest BCUT2D eigenvalue weighted by Gasteiger charge is 2.37. The Balaban J connectivity index is 0.00000243. The van der Waals surface area contributed by atoms with Gasteiger partial charge < -0.3 is 20.1 Å². The minimum absolute atomic E-state index is 0. The van der Waals surface area contributed by atoms with Crippen LogP contribution in [0.15, 0.2) is 35.3 Å². The van der Waals surface area contributed by atoms with Gasteiger partial charge in [-0.3, -0.25) is 4.99 Å². The molecular weight excluding hydrogens is 441 g/mol. The van der Waals surface area contributed by atoms with Gasteiger partial charge in [0.25, 0.3) is 0 Å². The summed E-state index contributed by atoms with van der Waals surface area (Å²) in [7, 11) is 1.82. The van der Waals surface area contributed by atoms with Crippen molar-refractivity contribution in [1.82, 2.24) is 10.6 Å². The van der Waals surface area contributed by atoms with Crippen LogP contribution in [0.2, 0.25) is 0 Å². The second kappa shape index (κ2) is 11.8. The number of ether oxygens (including phenoxy) is 2. The molecule has 1 aliphatic carbocycles. The number of nitrogens with one attached hydrogen (secondary N) is 2.